The molecular formula is C15H23N3. The van der Waals surface area contributed by atoms with Gasteiger partial charge in [0.25, 0.3) is 0 Å². The molecule has 0 aliphatic carbocycles. The molecule has 0 radical (unpaired) electrons. The molecule has 0 bridgehead atoms. The SMILES string of the molecule is CCn1c(C(C)(C)C(C)(C)N)nc2ccccc21. The number of rotatable bonds is 3. The summed E-state index contributed by atoms with van der Waals surface area (Å²) >= 11 is 0. The van der Waals surface area contributed by atoms with Gasteiger partial charge in [0.1, 0.15) is 5.82 Å². The molecule has 0 aliphatic heterocycles. The van der Waals surface area contributed by atoms with Crippen molar-refractivity contribution < 1.29 is 0 Å². The number of hydrogen-bond acceptors (Lipinski definition) is 2. The third-order valence-electron chi connectivity index (χ3n) is 4.14. The number of fused-ring (bicyclic) bond motifs is 1. The molecule has 2 N–H and O–H groups in total. The minimum Gasteiger partial charge on any atom is -0.328 e. The summed E-state index contributed by atoms with van der Waals surface area (Å²) in [5.74, 6) is 1.07. The summed E-state index contributed by atoms with van der Waals surface area (Å²) in [5, 5.41) is 0. The largest absolute Gasteiger partial charge is 0.328 e. The van der Waals surface area contributed by atoms with E-state index in [4.69, 9.17) is 10.7 Å². The van der Waals surface area contributed by atoms with Crippen molar-refractivity contribution in [2.45, 2.75) is 52.1 Å². The van der Waals surface area contributed by atoms with Crippen molar-refractivity contribution in [1.82, 2.24) is 9.55 Å². The fraction of sp³-hybridized carbons (Fsp3) is 0.533. The Morgan fingerprint density at radius 3 is 2.33 bits per heavy atom. The molecular weight excluding hydrogens is 222 g/mol. The Morgan fingerprint density at radius 2 is 1.78 bits per heavy atom. The fourth-order valence-electron chi connectivity index (χ4n) is 2.16. The lowest BCUT2D eigenvalue weighted by molar-refractivity contribution is 0.283. The van der Waals surface area contributed by atoms with E-state index in [2.05, 4.69) is 57.4 Å². The molecule has 1 aromatic heterocycles. The van der Waals surface area contributed by atoms with Crippen molar-refractivity contribution in [3.63, 3.8) is 0 Å². The highest BCUT2D eigenvalue weighted by molar-refractivity contribution is 5.76. The Morgan fingerprint density at radius 1 is 1.17 bits per heavy atom. The van der Waals surface area contributed by atoms with Crippen molar-refractivity contribution in [3.8, 4) is 0 Å². The number of aromatic nitrogens is 2. The highest BCUT2D eigenvalue weighted by Gasteiger charge is 2.39. The predicted molar refractivity (Wildman–Crippen MR) is 76.7 cm³/mol. The minimum absolute atomic E-state index is 0.179. The van der Waals surface area contributed by atoms with Crippen molar-refractivity contribution in [2.75, 3.05) is 0 Å². The van der Waals surface area contributed by atoms with E-state index in [1.807, 2.05) is 6.07 Å². The molecule has 3 nitrogen and oxygen atoms in total. The molecule has 0 fully saturated rings. The standard InChI is InChI=1S/C15H23N3/c1-6-18-12-10-8-7-9-11(12)17-13(18)14(2,3)15(4,5)16/h7-10H,6,16H2,1-5H3. The van der Waals surface area contributed by atoms with Crippen molar-refractivity contribution >= 4 is 11.0 Å². The Hall–Kier alpha value is -1.35. The second kappa shape index (κ2) is 4.09. The summed E-state index contributed by atoms with van der Waals surface area (Å²) in [7, 11) is 0. The van der Waals surface area contributed by atoms with Crippen LogP contribution in [0.3, 0.4) is 0 Å². The second-order valence-corrected chi connectivity index (χ2v) is 6.02. The molecule has 2 aromatic rings. The molecule has 0 saturated heterocycles. The van der Waals surface area contributed by atoms with Crippen LogP contribution in [-0.4, -0.2) is 15.1 Å². The van der Waals surface area contributed by atoms with E-state index in [9.17, 15) is 0 Å². The molecule has 0 aliphatic rings. The van der Waals surface area contributed by atoms with Crippen LogP contribution in [0, 0.1) is 0 Å². The number of imidazole rings is 1. The molecule has 0 spiro atoms. The monoisotopic (exact) mass is 245 g/mol. The first-order valence-electron chi connectivity index (χ1n) is 6.53. The van der Waals surface area contributed by atoms with E-state index in [0.29, 0.717) is 0 Å². The van der Waals surface area contributed by atoms with E-state index < -0.39 is 0 Å². The van der Waals surface area contributed by atoms with Crippen LogP contribution < -0.4 is 5.73 Å². The van der Waals surface area contributed by atoms with E-state index in [1.54, 1.807) is 0 Å². The maximum absolute atomic E-state index is 6.34. The normalized spacial score (nSPS) is 13.2. The number of para-hydroxylation sites is 2. The summed E-state index contributed by atoms with van der Waals surface area (Å²) in [6, 6.07) is 8.26. The van der Waals surface area contributed by atoms with Gasteiger partial charge in [0, 0.05) is 17.5 Å². The molecule has 18 heavy (non-hydrogen) atoms. The van der Waals surface area contributed by atoms with Gasteiger partial charge in [-0.15, -0.1) is 0 Å². The lowest BCUT2D eigenvalue weighted by Crippen LogP contribution is -2.51. The molecule has 0 amide bonds. The third-order valence-corrected chi connectivity index (χ3v) is 4.14. The summed E-state index contributed by atoms with van der Waals surface area (Å²) in [4.78, 5) is 4.80. The van der Waals surface area contributed by atoms with Gasteiger partial charge in [0.2, 0.25) is 0 Å². The van der Waals surface area contributed by atoms with Crippen LogP contribution in [0.5, 0.6) is 0 Å². The smallest absolute Gasteiger partial charge is 0.117 e. The molecule has 2 rings (SSSR count). The number of nitrogens with two attached hydrogens (primary N) is 1. The van der Waals surface area contributed by atoms with Crippen LogP contribution in [-0.2, 0) is 12.0 Å². The number of aryl methyl sites for hydroxylation is 1. The first kappa shape index (κ1) is 13.1. The Labute approximate surface area is 109 Å². The van der Waals surface area contributed by atoms with Gasteiger partial charge in [0.15, 0.2) is 0 Å². The van der Waals surface area contributed by atoms with Crippen LogP contribution in [0.2, 0.25) is 0 Å². The van der Waals surface area contributed by atoms with Crippen LogP contribution in [0.4, 0.5) is 0 Å². The van der Waals surface area contributed by atoms with Crippen LogP contribution in [0.15, 0.2) is 24.3 Å². The lowest BCUT2D eigenvalue weighted by Gasteiger charge is -2.38. The van der Waals surface area contributed by atoms with E-state index in [-0.39, 0.29) is 11.0 Å². The van der Waals surface area contributed by atoms with Crippen LogP contribution in [0.25, 0.3) is 11.0 Å². The molecule has 0 atom stereocenters. The number of nitrogens with zero attached hydrogens (tertiary/aromatic N) is 2. The van der Waals surface area contributed by atoms with Crippen molar-refractivity contribution in [1.29, 1.82) is 0 Å². The minimum atomic E-state index is -0.318. The Bertz CT molecular complexity index is 559. The van der Waals surface area contributed by atoms with E-state index >= 15 is 0 Å². The van der Waals surface area contributed by atoms with Crippen LogP contribution >= 0.6 is 0 Å². The maximum Gasteiger partial charge on any atom is 0.117 e. The number of hydrogen-bond donors (Lipinski definition) is 1. The molecule has 1 aromatic carbocycles. The van der Waals surface area contributed by atoms with Gasteiger partial charge in [-0.1, -0.05) is 26.0 Å². The topological polar surface area (TPSA) is 43.8 Å². The van der Waals surface area contributed by atoms with Gasteiger partial charge < -0.3 is 10.3 Å². The Kier molecular flexibility index (Phi) is 2.98. The summed E-state index contributed by atoms with van der Waals surface area (Å²) in [6.45, 7) is 11.5. The summed E-state index contributed by atoms with van der Waals surface area (Å²) in [5.41, 5.74) is 8.08. The molecule has 3 heteroatoms. The van der Waals surface area contributed by atoms with Gasteiger partial charge in [-0.2, -0.15) is 0 Å². The lowest BCUT2D eigenvalue weighted by atomic mass is 9.74. The molecule has 0 saturated carbocycles. The van der Waals surface area contributed by atoms with Gasteiger partial charge in [-0.25, -0.2) is 4.98 Å². The van der Waals surface area contributed by atoms with Gasteiger partial charge in [-0.05, 0) is 32.9 Å². The zero-order chi connectivity index (χ0) is 13.6. The van der Waals surface area contributed by atoms with E-state index in [1.165, 1.54) is 5.52 Å². The van der Waals surface area contributed by atoms with Gasteiger partial charge >= 0.3 is 0 Å². The van der Waals surface area contributed by atoms with Gasteiger partial charge in [0.05, 0.1) is 11.0 Å². The molecule has 98 valence electrons. The maximum atomic E-state index is 6.34. The first-order valence-corrected chi connectivity index (χ1v) is 6.53. The van der Waals surface area contributed by atoms with Gasteiger partial charge in [-0.3, -0.25) is 0 Å². The summed E-state index contributed by atoms with van der Waals surface area (Å²) in [6.07, 6.45) is 0. The summed E-state index contributed by atoms with van der Waals surface area (Å²) < 4.78 is 2.27. The predicted octanol–water partition coefficient (Wildman–Crippen LogP) is 3.07. The zero-order valence-corrected chi connectivity index (χ0v) is 12.0. The Balaban J connectivity index is 2.72. The quantitative estimate of drug-likeness (QED) is 0.903. The van der Waals surface area contributed by atoms with Crippen molar-refractivity contribution in [2.24, 2.45) is 5.73 Å². The first-order chi connectivity index (χ1) is 8.29. The number of benzene rings is 1. The third kappa shape index (κ3) is 1.83. The van der Waals surface area contributed by atoms with Crippen LogP contribution in [0.1, 0.15) is 40.4 Å². The molecule has 1 heterocycles. The second-order valence-electron chi connectivity index (χ2n) is 6.02. The highest BCUT2D eigenvalue weighted by atomic mass is 15.1. The van der Waals surface area contributed by atoms with Crippen molar-refractivity contribution in [3.05, 3.63) is 30.1 Å². The average molecular weight is 245 g/mol. The zero-order valence-electron chi connectivity index (χ0n) is 12.0. The molecule has 0 unspecified atom stereocenters. The van der Waals surface area contributed by atoms with E-state index in [0.717, 1.165) is 17.9 Å². The highest BCUT2D eigenvalue weighted by Crippen LogP contribution is 2.34. The average Bonchev–Trinajstić information content (AvgIpc) is 2.66. The fourth-order valence-corrected chi connectivity index (χ4v) is 2.16.